The van der Waals surface area contributed by atoms with Crippen molar-refractivity contribution in [2.45, 2.75) is 31.0 Å². The molecule has 0 atom stereocenters. The van der Waals surface area contributed by atoms with E-state index in [2.05, 4.69) is 20.2 Å². The van der Waals surface area contributed by atoms with Crippen LogP contribution in [-0.2, 0) is 10.0 Å². The molecule has 0 spiro atoms. The standard InChI is InChI=1S/C19H20N4O3S2/c1-12(2)14-9-6-7-11-16(14)23-28(25,26)19-22-21-18(27-19)20-17(24)15-10-5-4-8-13(15)3/h4-12,23H,1-3H3,(H,20,21,24). The number of para-hydroxylation sites is 1. The van der Waals surface area contributed by atoms with Gasteiger partial charge in [-0.05, 0) is 36.1 Å². The van der Waals surface area contributed by atoms with E-state index in [0.717, 1.165) is 22.5 Å². The summed E-state index contributed by atoms with van der Waals surface area (Å²) < 4.78 is 27.7. The molecule has 2 aromatic carbocycles. The number of nitrogens with one attached hydrogen (secondary N) is 2. The van der Waals surface area contributed by atoms with Crippen LogP contribution < -0.4 is 10.0 Å². The quantitative estimate of drug-likeness (QED) is 0.591. The number of benzene rings is 2. The molecule has 0 aliphatic heterocycles. The maximum absolute atomic E-state index is 12.7. The average Bonchev–Trinajstić information content (AvgIpc) is 3.11. The second-order valence-corrected chi connectivity index (χ2v) is 9.32. The van der Waals surface area contributed by atoms with Crippen molar-refractivity contribution in [3.63, 3.8) is 0 Å². The van der Waals surface area contributed by atoms with Crippen molar-refractivity contribution in [1.29, 1.82) is 0 Å². The number of amides is 1. The van der Waals surface area contributed by atoms with Gasteiger partial charge in [-0.15, -0.1) is 10.2 Å². The zero-order valence-corrected chi connectivity index (χ0v) is 17.3. The minimum absolute atomic E-state index is 0.116. The number of aromatic nitrogens is 2. The lowest BCUT2D eigenvalue weighted by Gasteiger charge is -2.13. The Labute approximate surface area is 167 Å². The molecule has 0 aliphatic rings. The number of hydrogen-bond acceptors (Lipinski definition) is 6. The SMILES string of the molecule is Cc1ccccc1C(=O)Nc1nnc(S(=O)(=O)Nc2ccccc2C(C)C)s1. The highest BCUT2D eigenvalue weighted by molar-refractivity contribution is 7.94. The molecule has 2 N–H and O–H groups in total. The fourth-order valence-corrected chi connectivity index (χ4v) is 4.63. The first-order chi connectivity index (χ1) is 13.3. The number of carbonyl (C=O) groups excluding carboxylic acids is 1. The predicted octanol–water partition coefficient (Wildman–Crippen LogP) is 4.02. The maximum atomic E-state index is 12.7. The van der Waals surface area contributed by atoms with Crippen LogP contribution in [0.15, 0.2) is 52.9 Å². The number of aryl methyl sites for hydroxylation is 1. The predicted molar refractivity (Wildman–Crippen MR) is 110 cm³/mol. The van der Waals surface area contributed by atoms with Crippen molar-refractivity contribution >= 4 is 38.1 Å². The van der Waals surface area contributed by atoms with Crippen molar-refractivity contribution in [3.8, 4) is 0 Å². The van der Waals surface area contributed by atoms with Gasteiger partial charge in [-0.25, -0.2) is 0 Å². The highest BCUT2D eigenvalue weighted by Gasteiger charge is 2.23. The third-order valence-electron chi connectivity index (χ3n) is 4.07. The molecule has 1 heterocycles. The zero-order valence-electron chi connectivity index (χ0n) is 15.6. The van der Waals surface area contributed by atoms with Gasteiger partial charge < -0.3 is 0 Å². The fraction of sp³-hybridized carbons (Fsp3) is 0.211. The molecule has 0 unspecified atom stereocenters. The van der Waals surface area contributed by atoms with Crippen molar-refractivity contribution in [2.24, 2.45) is 0 Å². The summed E-state index contributed by atoms with van der Waals surface area (Å²) in [6.45, 7) is 5.79. The van der Waals surface area contributed by atoms with E-state index in [0.29, 0.717) is 11.3 Å². The summed E-state index contributed by atoms with van der Waals surface area (Å²) in [4.78, 5) is 12.4. The largest absolute Gasteiger partial charge is 0.296 e. The third kappa shape index (κ3) is 4.37. The van der Waals surface area contributed by atoms with Gasteiger partial charge in [0.1, 0.15) is 0 Å². The van der Waals surface area contributed by atoms with Crippen LogP contribution in [0.25, 0.3) is 0 Å². The second-order valence-electron chi connectivity index (χ2n) is 6.49. The van der Waals surface area contributed by atoms with Crippen LogP contribution in [0.2, 0.25) is 0 Å². The molecular weight excluding hydrogens is 396 g/mol. The highest BCUT2D eigenvalue weighted by atomic mass is 32.2. The smallest absolute Gasteiger partial charge is 0.291 e. The normalized spacial score (nSPS) is 11.4. The summed E-state index contributed by atoms with van der Waals surface area (Å²) >= 11 is 0.798. The lowest BCUT2D eigenvalue weighted by Crippen LogP contribution is -2.14. The molecule has 9 heteroatoms. The molecule has 0 aliphatic carbocycles. The van der Waals surface area contributed by atoms with Gasteiger partial charge in [0.05, 0.1) is 5.69 Å². The van der Waals surface area contributed by atoms with Gasteiger partial charge in [0.15, 0.2) is 0 Å². The maximum Gasteiger partial charge on any atom is 0.291 e. The summed E-state index contributed by atoms with van der Waals surface area (Å²) in [6, 6.07) is 14.3. The molecule has 0 bridgehead atoms. The van der Waals surface area contributed by atoms with E-state index in [-0.39, 0.29) is 21.3 Å². The summed E-state index contributed by atoms with van der Waals surface area (Å²) in [6.07, 6.45) is 0. The molecule has 3 rings (SSSR count). The van der Waals surface area contributed by atoms with Crippen LogP contribution in [0.4, 0.5) is 10.8 Å². The molecule has 28 heavy (non-hydrogen) atoms. The third-order valence-corrected chi connectivity index (χ3v) is 6.65. The number of anilines is 2. The van der Waals surface area contributed by atoms with E-state index in [4.69, 9.17) is 0 Å². The number of carbonyl (C=O) groups is 1. The van der Waals surface area contributed by atoms with Gasteiger partial charge in [0.2, 0.25) is 5.13 Å². The van der Waals surface area contributed by atoms with E-state index >= 15 is 0 Å². The van der Waals surface area contributed by atoms with Gasteiger partial charge in [-0.3, -0.25) is 14.8 Å². The molecule has 0 fully saturated rings. The topological polar surface area (TPSA) is 101 Å². The minimum Gasteiger partial charge on any atom is -0.296 e. The van der Waals surface area contributed by atoms with Crippen LogP contribution in [0.1, 0.15) is 41.3 Å². The first-order valence-corrected chi connectivity index (χ1v) is 10.9. The molecular formula is C19H20N4O3S2. The molecule has 1 amide bonds. The molecule has 0 radical (unpaired) electrons. The minimum atomic E-state index is -3.91. The Balaban J connectivity index is 1.79. The number of hydrogen-bond donors (Lipinski definition) is 2. The first kappa shape index (κ1) is 20.0. The van der Waals surface area contributed by atoms with Crippen LogP contribution in [0, 0.1) is 6.92 Å². The highest BCUT2D eigenvalue weighted by Crippen LogP contribution is 2.28. The van der Waals surface area contributed by atoms with Crippen molar-refractivity contribution in [1.82, 2.24) is 10.2 Å². The number of nitrogens with zero attached hydrogens (tertiary/aromatic N) is 2. The van der Waals surface area contributed by atoms with Gasteiger partial charge in [0, 0.05) is 5.56 Å². The van der Waals surface area contributed by atoms with E-state index in [1.54, 1.807) is 24.3 Å². The van der Waals surface area contributed by atoms with Crippen molar-refractivity contribution in [2.75, 3.05) is 10.0 Å². The molecule has 0 saturated heterocycles. The molecule has 0 saturated carbocycles. The van der Waals surface area contributed by atoms with Crippen molar-refractivity contribution < 1.29 is 13.2 Å². The van der Waals surface area contributed by atoms with Gasteiger partial charge in [0.25, 0.3) is 20.3 Å². The van der Waals surface area contributed by atoms with Crippen LogP contribution in [0.5, 0.6) is 0 Å². The van der Waals surface area contributed by atoms with Crippen LogP contribution >= 0.6 is 11.3 Å². The molecule has 146 valence electrons. The molecule has 7 nitrogen and oxygen atoms in total. The zero-order chi connectivity index (χ0) is 20.3. The van der Waals surface area contributed by atoms with Crippen LogP contribution in [-0.4, -0.2) is 24.5 Å². The Morgan fingerprint density at radius 3 is 2.43 bits per heavy atom. The molecule has 1 aromatic heterocycles. The van der Waals surface area contributed by atoms with E-state index < -0.39 is 10.0 Å². The Kier molecular flexibility index (Phi) is 5.76. The van der Waals surface area contributed by atoms with Gasteiger partial charge >= 0.3 is 0 Å². The van der Waals surface area contributed by atoms with Crippen LogP contribution in [0.3, 0.4) is 0 Å². The Morgan fingerprint density at radius 2 is 1.71 bits per heavy atom. The monoisotopic (exact) mass is 416 g/mol. The van der Waals surface area contributed by atoms with E-state index in [1.165, 1.54) is 0 Å². The number of rotatable bonds is 6. The fourth-order valence-electron chi connectivity index (χ4n) is 2.64. The summed E-state index contributed by atoms with van der Waals surface area (Å²) in [5, 5.41) is 10.2. The Bertz CT molecular complexity index is 1110. The lowest BCUT2D eigenvalue weighted by molar-refractivity contribution is 0.102. The van der Waals surface area contributed by atoms with Gasteiger partial charge in [-0.1, -0.05) is 61.6 Å². The summed E-state index contributed by atoms with van der Waals surface area (Å²) in [5.74, 6) is -0.214. The average molecular weight is 417 g/mol. The molecule has 3 aromatic rings. The summed E-state index contributed by atoms with van der Waals surface area (Å²) in [7, 11) is -3.91. The summed E-state index contributed by atoms with van der Waals surface area (Å²) in [5.41, 5.74) is 2.68. The van der Waals surface area contributed by atoms with Crippen molar-refractivity contribution in [3.05, 3.63) is 65.2 Å². The Hall–Kier alpha value is -2.78. The number of sulfonamides is 1. The van der Waals surface area contributed by atoms with E-state index in [9.17, 15) is 13.2 Å². The first-order valence-electron chi connectivity index (χ1n) is 8.60. The van der Waals surface area contributed by atoms with Gasteiger partial charge in [-0.2, -0.15) is 8.42 Å². The lowest BCUT2D eigenvalue weighted by atomic mass is 10.0. The van der Waals surface area contributed by atoms with E-state index in [1.807, 2.05) is 45.0 Å². The second kappa shape index (κ2) is 8.07. The Morgan fingerprint density at radius 1 is 1.04 bits per heavy atom.